The van der Waals surface area contributed by atoms with E-state index in [-0.39, 0.29) is 22.8 Å². The van der Waals surface area contributed by atoms with Crippen molar-refractivity contribution in [3.05, 3.63) is 59.9 Å². The lowest BCUT2D eigenvalue weighted by molar-refractivity contribution is -0.138. The molecule has 0 saturated carbocycles. The summed E-state index contributed by atoms with van der Waals surface area (Å²) in [4.78, 5) is 10.5. The Morgan fingerprint density at radius 3 is 1.40 bits per heavy atom. The van der Waals surface area contributed by atoms with Gasteiger partial charge in [-0.15, -0.1) is 0 Å². The molecule has 0 aliphatic rings. The van der Waals surface area contributed by atoms with Crippen molar-refractivity contribution < 1.29 is 26.3 Å². The number of aromatic nitrogens is 3. The standard InChI is InChI=1S/C16H9F6N3/c17-15(18,19)9-3-5-23-13(7-9)11-1-2-12(25-11)14-8-10(4-6-24-14)16(20,21)22/h1-8,25H. The van der Waals surface area contributed by atoms with E-state index in [0.29, 0.717) is 0 Å². The first-order valence-electron chi connectivity index (χ1n) is 6.91. The van der Waals surface area contributed by atoms with Crippen LogP contribution in [0, 0.1) is 0 Å². The number of hydrogen-bond acceptors (Lipinski definition) is 2. The van der Waals surface area contributed by atoms with Crippen LogP contribution in [0.2, 0.25) is 0 Å². The molecule has 0 aliphatic carbocycles. The van der Waals surface area contributed by atoms with Crippen molar-refractivity contribution in [1.29, 1.82) is 0 Å². The van der Waals surface area contributed by atoms with Crippen LogP contribution in [0.3, 0.4) is 0 Å². The number of rotatable bonds is 2. The Labute approximate surface area is 137 Å². The van der Waals surface area contributed by atoms with Gasteiger partial charge in [0.2, 0.25) is 0 Å². The van der Waals surface area contributed by atoms with E-state index in [1.165, 1.54) is 12.1 Å². The zero-order chi connectivity index (χ0) is 18.2. The molecule has 0 atom stereocenters. The van der Waals surface area contributed by atoms with Crippen LogP contribution >= 0.6 is 0 Å². The molecule has 3 aromatic heterocycles. The first-order chi connectivity index (χ1) is 11.6. The topological polar surface area (TPSA) is 41.6 Å². The van der Waals surface area contributed by atoms with E-state index in [2.05, 4.69) is 15.0 Å². The molecule has 3 aromatic rings. The van der Waals surface area contributed by atoms with Crippen molar-refractivity contribution in [1.82, 2.24) is 15.0 Å². The van der Waals surface area contributed by atoms with Gasteiger partial charge in [0.05, 0.1) is 33.9 Å². The summed E-state index contributed by atoms with van der Waals surface area (Å²) in [7, 11) is 0. The second kappa shape index (κ2) is 5.91. The minimum atomic E-state index is -4.52. The molecule has 0 aliphatic heterocycles. The summed E-state index contributed by atoms with van der Waals surface area (Å²) in [5.41, 5.74) is -1.22. The number of hydrogen-bond donors (Lipinski definition) is 1. The number of H-pyrrole nitrogens is 1. The van der Waals surface area contributed by atoms with Gasteiger partial charge in [-0.3, -0.25) is 9.97 Å². The molecule has 0 fully saturated rings. The minimum absolute atomic E-state index is 0.0213. The highest BCUT2D eigenvalue weighted by Crippen LogP contribution is 2.33. The third kappa shape index (κ3) is 3.65. The van der Waals surface area contributed by atoms with Gasteiger partial charge in [-0.1, -0.05) is 0 Å². The molecule has 3 heterocycles. The average Bonchev–Trinajstić information content (AvgIpc) is 3.04. The molecule has 0 bridgehead atoms. The number of nitrogens with one attached hydrogen (secondary N) is 1. The number of aromatic amines is 1. The van der Waals surface area contributed by atoms with Crippen LogP contribution < -0.4 is 0 Å². The maximum absolute atomic E-state index is 12.8. The van der Waals surface area contributed by atoms with Gasteiger partial charge in [0.15, 0.2) is 0 Å². The number of pyridine rings is 2. The summed E-state index contributed by atoms with van der Waals surface area (Å²) >= 11 is 0. The van der Waals surface area contributed by atoms with Crippen LogP contribution in [0.5, 0.6) is 0 Å². The van der Waals surface area contributed by atoms with E-state index in [1.54, 1.807) is 0 Å². The highest BCUT2D eigenvalue weighted by Gasteiger charge is 2.32. The van der Waals surface area contributed by atoms with Gasteiger partial charge in [-0.05, 0) is 36.4 Å². The van der Waals surface area contributed by atoms with Gasteiger partial charge in [0, 0.05) is 12.4 Å². The van der Waals surface area contributed by atoms with Gasteiger partial charge in [-0.2, -0.15) is 26.3 Å². The first kappa shape index (κ1) is 17.0. The lowest BCUT2D eigenvalue weighted by atomic mass is 10.2. The van der Waals surface area contributed by atoms with Crippen molar-refractivity contribution in [3.63, 3.8) is 0 Å². The third-order valence-corrected chi connectivity index (χ3v) is 3.41. The maximum atomic E-state index is 12.8. The van der Waals surface area contributed by atoms with E-state index < -0.39 is 23.5 Å². The molecule has 0 radical (unpaired) electrons. The lowest BCUT2D eigenvalue weighted by Crippen LogP contribution is -2.05. The Morgan fingerprint density at radius 2 is 1.04 bits per heavy atom. The Balaban J connectivity index is 1.96. The molecular weight excluding hydrogens is 348 g/mol. The van der Waals surface area contributed by atoms with Gasteiger partial charge in [-0.25, -0.2) is 0 Å². The predicted molar refractivity (Wildman–Crippen MR) is 77.3 cm³/mol. The van der Waals surface area contributed by atoms with Gasteiger partial charge < -0.3 is 4.98 Å². The van der Waals surface area contributed by atoms with E-state index in [0.717, 1.165) is 36.7 Å². The lowest BCUT2D eigenvalue weighted by Gasteiger charge is -2.08. The normalized spacial score (nSPS) is 12.4. The second-order valence-electron chi connectivity index (χ2n) is 5.14. The molecule has 3 nitrogen and oxygen atoms in total. The van der Waals surface area contributed by atoms with Crippen LogP contribution in [0.25, 0.3) is 22.8 Å². The largest absolute Gasteiger partial charge is 0.416 e. The molecule has 0 unspecified atom stereocenters. The molecule has 0 amide bonds. The number of alkyl halides is 6. The van der Waals surface area contributed by atoms with Crippen LogP contribution in [0.15, 0.2) is 48.8 Å². The zero-order valence-corrected chi connectivity index (χ0v) is 12.3. The molecule has 3 rings (SSSR count). The molecule has 25 heavy (non-hydrogen) atoms. The monoisotopic (exact) mass is 357 g/mol. The maximum Gasteiger partial charge on any atom is 0.416 e. The van der Waals surface area contributed by atoms with Crippen molar-refractivity contribution in [3.8, 4) is 22.8 Å². The van der Waals surface area contributed by atoms with Crippen molar-refractivity contribution in [2.24, 2.45) is 0 Å². The molecular formula is C16H9F6N3. The van der Waals surface area contributed by atoms with E-state index in [1.807, 2.05) is 0 Å². The Morgan fingerprint density at radius 1 is 0.640 bits per heavy atom. The third-order valence-electron chi connectivity index (χ3n) is 3.41. The van der Waals surface area contributed by atoms with E-state index in [4.69, 9.17) is 0 Å². The fraction of sp³-hybridized carbons (Fsp3) is 0.125. The first-order valence-corrected chi connectivity index (χ1v) is 6.91. The summed E-state index contributed by atoms with van der Waals surface area (Å²) in [6.45, 7) is 0. The van der Waals surface area contributed by atoms with Crippen molar-refractivity contribution in [2.45, 2.75) is 12.4 Å². The fourth-order valence-corrected chi connectivity index (χ4v) is 2.20. The zero-order valence-electron chi connectivity index (χ0n) is 12.3. The van der Waals surface area contributed by atoms with Crippen LogP contribution in [0.1, 0.15) is 11.1 Å². The fourth-order valence-electron chi connectivity index (χ4n) is 2.20. The Hall–Kier alpha value is -2.84. The molecule has 9 heteroatoms. The van der Waals surface area contributed by atoms with E-state index >= 15 is 0 Å². The SMILES string of the molecule is FC(F)(F)c1ccnc(-c2ccc(-c3cc(C(F)(F)F)ccn3)[nH]2)c1. The second-order valence-corrected chi connectivity index (χ2v) is 5.14. The van der Waals surface area contributed by atoms with Crippen LogP contribution in [0.4, 0.5) is 26.3 Å². The van der Waals surface area contributed by atoms with Crippen molar-refractivity contribution >= 4 is 0 Å². The summed E-state index contributed by atoms with van der Waals surface area (Å²) in [6, 6.07) is 6.24. The van der Waals surface area contributed by atoms with Crippen LogP contribution in [-0.2, 0) is 12.4 Å². The van der Waals surface area contributed by atoms with Crippen LogP contribution in [-0.4, -0.2) is 15.0 Å². The Kier molecular flexibility index (Phi) is 4.02. The number of nitrogens with zero attached hydrogens (tertiary/aromatic N) is 2. The summed E-state index contributed by atoms with van der Waals surface area (Å²) < 4.78 is 76.5. The summed E-state index contributed by atoms with van der Waals surface area (Å²) in [5, 5.41) is 0. The number of halogens is 6. The van der Waals surface area contributed by atoms with Gasteiger partial charge in [0.1, 0.15) is 0 Å². The quantitative estimate of drug-likeness (QED) is 0.643. The smallest absolute Gasteiger partial charge is 0.352 e. The van der Waals surface area contributed by atoms with Gasteiger partial charge in [0.25, 0.3) is 0 Å². The van der Waals surface area contributed by atoms with Crippen molar-refractivity contribution in [2.75, 3.05) is 0 Å². The molecule has 130 valence electrons. The van der Waals surface area contributed by atoms with Gasteiger partial charge >= 0.3 is 12.4 Å². The summed E-state index contributed by atoms with van der Waals surface area (Å²) in [5.74, 6) is 0. The molecule has 0 aromatic carbocycles. The highest BCUT2D eigenvalue weighted by atomic mass is 19.4. The Bertz CT molecular complexity index is 823. The average molecular weight is 357 g/mol. The minimum Gasteiger partial charge on any atom is -0.352 e. The predicted octanol–water partition coefficient (Wildman–Crippen LogP) is 5.18. The molecule has 1 N–H and O–H groups in total. The summed E-state index contributed by atoms with van der Waals surface area (Å²) in [6.07, 6.45) is -7.01. The van der Waals surface area contributed by atoms with E-state index in [9.17, 15) is 26.3 Å². The highest BCUT2D eigenvalue weighted by molar-refractivity contribution is 5.64. The molecule has 0 spiro atoms. The molecule has 0 saturated heterocycles.